The molecular weight excluding hydrogens is 324 g/mol. The van der Waals surface area contributed by atoms with E-state index in [1.807, 2.05) is 45.0 Å². The minimum Gasteiger partial charge on any atom is -0.458 e. The van der Waals surface area contributed by atoms with Crippen molar-refractivity contribution in [3.05, 3.63) is 34.3 Å². The van der Waals surface area contributed by atoms with E-state index in [0.717, 1.165) is 10.0 Å². The van der Waals surface area contributed by atoms with Crippen molar-refractivity contribution < 1.29 is 19.0 Å². The SMILES string of the molecule is CC(C)(C)OC(=O)COCCOCc1ccc(Br)cc1. The zero-order valence-electron chi connectivity index (χ0n) is 12.1. The van der Waals surface area contributed by atoms with Gasteiger partial charge in [-0.25, -0.2) is 4.79 Å². The molecule has 0 amide bonds. The van der Waals surface area contributed by atoms with Gasteiger partial charge in [0.15, 0.2) is 0 Å². The van der Waals surface area contributed by atoms with Crippen LogP contribution >= 0.6 is 15.9 Å². The van der Waals surface area contributed by atoms with E-state index in [0.29, 0.717) is 19.8 Å². The minimum absolute atomic E-state index is 0.0427. The van der Waals surface area contributed by atoms with Crippen LogP contribution in [0.3, 0.4) is 0 Å². The van der Waals surface area contributed by atoms with Crippen LogP contribution in [0.2, 0.25) is 0 Å². The number of halogens is 1. The van der Waals surface area contributed by atoms with Crippen LogP contribution in [0.25, 0.3) is 0 Å². The number of benzene rings is 1. The normalized spacial score (nSPS) is 11.4. The van der Waals surface area contributed by atoms with Crippen molar-refractivity contribution in [1.29, 1.82) is 0 Å². The number of hydrogen-bond donors (Lipinski definition) is 0. The van der Waals surface area contributed by atoms with E-state index in [9.17, 15) is 4.79 Å². The zero-order chi connectivity index (χ0) is 15.0. The molecule has 0 saturated carbocycles. The molecule has 0 aliphatic carbocycles. The van der Waals surface area contributed by atoms with Crippen molar-refractivity contribution in [2.75, 3.05) is 19.8 Å². The quantitative estimate of drug-likeness (QED) is 0.562. The summed E-state index contributed by atoms with van der Waals surface area (Å²) in [5.74, 6) is -0.356. The summed E-state index contributed by atoms with van der Waals surface area (Å²) in [4.78, 5) is 11.4. The number of ether oxygens (including phenoxy) is 3. The first-order valence-corrected chi connectivity index (χ1v) is 7.28. The van der Waals surface area contributed by atoms with Gasteiger partial charge in [0.05, 0.1) is 19.8 Å². The maximum Gasteiger partial charge on any atom is 0.332 e. The highest BCUT2D eigenvalue weighted by Gasteiger charge is 2.15. The molecule has 0 atom stereocenters. The van der Waals surface area contributed by atoms with Gasteiger partial charge in [-0.3, -0.25) is 0 Å². The molecule has 1 aromatic carbocycles. The molecule has 0 spiro atoms. The van der Waals surface area contributed by atoms with E-state index in [4.69, 9.17) is 14.2 Å². The Morgan fingerprint density at radius 1 is 1.10 bits per heavy atom. The molecule has 4 nitrogen and oxygen atoms in total. The lowest BCUT2D eigenvalue weighted by molar-refractivity contribution is -0.160. The van der Waals surface area contributed by atoms with E-state index < -0.39 is 5.60 Å². The maximum absolute atomic E-state index is 11.4. The average molecular weight is 345 g/mol. The molecule has 0 unspecified atom stereocenters. The van der Waals surface area contributed by atoms with Gasteiger partial charge in [0.1, 0.15) is 12.2 Å². The van der Waals surface area contributed by atoms with Crippen molar-refractivity contribution in [3.63, 3.8) is 0 Å². The Hall–Kier alpha value is -0.910. The van der Waals surface area contributed by atoms with Gasteiger partial charge in [0.25, 0.3) is 0 Å². The summed E-state index contributed by atoms with van der Waals surface area (Å²) in [6.45, 7) is 6.78. The van der Waals surface area contributed by atoms with Crippen LogP contribution in [0.1, 0.15) is 26.3 Å². The molecule has 5 heteroatoms. The highest BCUT2D eigenvalue weighted by atomic mass is 79.9. The molecule has 20 heavy (non-hydrogen) atoms. The smallest absolute Gasteiger partial charge is 0.332 e. The first-order valence-electron chi connectivity index (χ1n) is 6.48. The van der Waals surface area contributed by atoms with E-state index in [2.05, 4.69) is 15.9 Å². The molecule has 0 heterocycles. The van der Waals surface area contributed by atoms with Gasteiger partial charge in [-0.15, -0.1) is 0 Å². The fourth-order valence-corrected chi connectivity index (χ4v) is 1.68. The molecular formula is C15H21BrO4. The second-order valence-corrected chi connectivity index (χ2v) is 6.23. The lowest BCUT2D eigenvalue weighted by Crippen LogP contribution is -2.26. The Bertz CT molecular complexity index is 409. The highest BCUT2D eigenvalue weighted by molar-refractivity contribution is 9.10. The molecule has 1 aromatic rings. The summed E-state index contributed by atoms with van der Waals surface area (Å²) in [6, 6.07) is 7.92. The van der Waals surface area contributed by atoms with Crippen molar-refractivity contribution in [2.24, 2.45) is 0 Å². The third-order valence-corrected chi connectivity index (χ3v) is 2.72. The molecule has 0 fully saturated rings. The average Bonchev–Trinajstić information content (AvgIpc) is 2.33. The van der Waals surface area contributed by atoms with Crippen LogP contribution in [0.4, 0.5) is 0 Å². The molecule has 1 rings (SSSR count). The Balaban J connectivity index is 2.05. The number of esters is 1. The summed E-state index contributed by atoms with van der Waals surface area (Å²) < 4.78 is 16.8. The van der Waals surface area contributed by atoms with Gasteiger partial charge in [0, 0.05) is 4.47 Å². The standard InChI is InChI=1S/C15H21BrO4/c1-15(2,3)20-14(17)11-19-9-8-18-10-12-4-6-13(16)7-5-12/h4-7H,8-11H2,1-3H3. The highest BCUT2D eigenvalue weighted by Crippen LogP contribution is 2.11. The Morgan fingerprint density at radius 2 is 1.70 bits per heavy atom. The molecule has 112 valence electrons. The number of rotatable bonds is 7. The number of carbonyl (C=O) groups is 1. The van der Waals surface area contributed by atoms with Crippen LogP contribution < -0.4 is 0 Å². The minimum atomic E-state index is -0.474. The fraction of sp³-hybridized carbons (Fsp3) is 0.533. The van der Waals surface area contributed by atoms with Gasteiger partial charge in [-0.1, -0.05) is 28.1 Å². The summed E-state index contributed by atoms with van der Waals surface area (Å²) >= 11 is 3.38. The van der Waals surface area contributed by atoms with E-state index in [1.54, 1.807) is 0 Å². The van der Waals surface area contributed by atoms with E-state index >= 15 is 0 Å². The lowest BCUT2D eigenvalue weighted by Gasteiger charge is -2.19. The van der Waals surface area contributed by atoms with Gasteiger partial charge in [-0.05, 0) is 38.5 Å². The van der Waals surface area contributed by atoms with Crippen molar-refractivity contribution in [1.82, 2.24) is 0 Å². The predicted molar refractivity (Wildman–Crippen MR) is 80.5 cm³/mol. The largest absolute Gasteiger partial charge is 0.458 e. The molecule has 0 aromatic heterocycles. The van der Waals surface area contributed by atoms with Crippen LogP contribution in [-0.4, -0.2) is 31.4 Å². The second kappa shape index (κ2) is 8.39. The summed E-state index contributed by atoms with van der Waals surface area (Å²) in [6.07, 6.45) is 0. The Morgan fingerprint density at radius 3 is 2.30 bits per heavy atom. The van der Waals surface area contributed by atoms with Gasteiger partial charge < -0.3 is 14.2 Å². The maximum atomic E-state index is 11.4. The van der Waals surface area contributed by atoms with Gasteiger partial charge >= 0.3 is 5.97 Å². The van der Waals surface area contributed by atoms with E-state index in [-0.39, 0.29) is 12.6 Å². The van der Waals surface area contributed by atoms with Crippen LogP contribution in [0, 0.1) is 0 Å². The molecule has 0 saturated heterocycles. The van der Waals surface area contributed by atoms with Gasteiger partial charge in [-0.2, -0.15) is 0 Å². The third-order valence-electron chi connectivity index (χ3n) is 2.19. The second-order valence-electron chi connectivity index (χ2n) is 5.32. The fourth-order valence-electron chi connectivity index (χ4n) is 1.41. The molecule has 0 N–H and O–H groups in total. The summed E-state index contributed by atoms with van der Waals surface area (Å²) in [5.41, 5.74) is 0.624. The molecule has 0 aliphatic heterocycles. The van der Waals surface area contributed by atoms with Crippen LogP contribution in [0.5, 0.6) is 0 Å². The van der Waals surface area contributed by atoms with E-state index in [1.165, 1.54) is 0 Å². The molecule has 0 radical (unpaired) electrons. The zero-order valence-corrected chi connectivity index (χ0v) is 13.7. The Kier molecular flexibility index (Phi) is 7.19. The summed E-state index contributed by atoms with van der Waals surface area (Å²) in [7, 11) is 0. The van der Waals surface area contributed by atoms with Crippen LogP contribution in [-0.2, 0) is 25.6 Å². The van der Waals surface area contributed by atoms with Crippen LogP contribution in [0.15, 0.2) is 28.7 Å². The third kappa shape index (κ3) is 8.30. The lowest BCUT2D eigenvalue weighted by atomic mass is 10.2. The first kappa shape index (κ1) is 17.1. The first-order chi connectivity index (χ1) is 9.37. The monoisotopic (exact) mass is 344 g/mol. The van der Waals surface area contributed by atoms with Crippen molar-refractivity contribution in [3.8, 4) is 0 Å². The number of carbonyl (C=O) groups excluding carboxylic acids is 1. The topological polar surface area (TPSA) is 44.8 Å². The predicted octanol–water partition coefficient (Wildman–Crippen LogP) is 3.32. The number of hydrogen-bond acceptors (Lipinski definition) is 4. The molecule has 0 bridgehead atoms. The van der Waals surface area contributed by atoms with Crippen molar-refractivity contribution in [2.45, 2.75) is 33.0 Å². The molecule has 0 aliphatic rings. The van der Waals surface area contributed by atoms with Crippen molar-refractivity contribution >= 4 is 21.9 Å². The van der Waals surface area contributed by atoms with Gasteiger partial charge in [0.2, 0.25) is 0 Å². The summed E-state index contributed by atoms with van der Waals surface area (Å²) in [5, 5.41) is 0. The Labute approximate surface area is 128 Å².